The number of ether oxygens (including phenoxy) is 1. The van der Waals surface area contributed by atoms with Crippen molar-refractivity contribution in [2.75, 3.05) is 33.3 Å². The highest BCUT2D eigenvalue weighted by molar-refractivity contribution is 14.0. The van der Waals surface area contributed by atoms with Gasteiger partial charge in [0.1, 0.15) is 18.2 Å². The van der Waals surface area contributed by atoms with Crippen molar-refractivity contribution in [3.05, 3.63) is 30.1 Å². The number of carbonyl (C=O) groups is 1. The molecule has 1 heterocycles. The molecule has 1 unspecified atom stereocenters. The molecule has 0 radical (unpaired) electrons. The molecule has 2 N–H and O–H groups in total. The van der Waals surface area contributed by atoms with E-state index in [1.807, 2.05) is 4.90 Å². The van der Waals surface area contributed by atoms with Crippen molar-refractivity contribution in [1.82, 2.24) is 15.5 Å². The van der Waals surface area contributed by atoms with Crippen LogP contribution in [0.15, 0.2) is 29.3 Å². The number of carbonyl (C=O) groups excluding carboxylic acids is 1. The van der Waals surface area contributed by atoms with E-state index in [9.17, 15) is 9.18 Å². The van der Waals surface area contributed by atoms with Crippen molar-refractivity contribution in [3.63, 3.8) is 0 Å². The lowest BCUT2D eigenvalue weighted by molar-refractivity contribution is -0.135. The summed E-state index contributed by atoms with van der Waals surface area (Å²) in [4.78, 5) is 18.9. The van der Waals surface area contributed by atoms with Gasteiger partial charge in [0, 0.05) is 38.2 Å². The number of halogens is 2. The minimum absolute atomic E-state index is 0. The van der Waals surface area contributed by atoms with Gasteiger partial charge in [-0.25, -0.2) is 4.39 Å². The Kier molecular flexibility index (Phi) is 9.96. The number of benzene rings is 1. The van der Waals surface area contributed by atoms with Crippen LogP contribution >= 0.6 is 24.0 Å². The first kappa shape index (κ1) is 23.7. The zero-order valence-corrected chi connectivity index (χ0v) is 19.4. The van der Waals surface area contributed by atoms with Crippen LogP contribution in [0.1, 0.15) is 38.5 Å². The molecule has 1 amide bonds. The van der Waals surface area contributed by atoms with Crippen LogP contribution in [0.3, 0.4) is 0 Å². The molecule has 1 aromatic carbocycles. The van der Waals surface area contributed by atoms with Gasteiger partial charge in [-0.3, -0.25) is 9.79 Å². The normalized spacial score (nSPS) is 20.1. The first-order valence-corrected chi connectivity index (χ1v) is 10.3. The van der Waals surface area contributed by atoms with Crippen LogP contribution in [0.2, 0.25) is 0 Å². The quantitative estimate of drug-likeness (QED) is 0.263. The minimum atomic E-state index is -0.309. The molecule has 8 heteroatoms. The van der Waals surface area contributed by atoms with Gasteiger partial charge < -0.3 is 20.3 Å². The van der Waals surface area contributed by atoms with Gasteiger partial charge in [-0.05, 0) is 31.4 Å². The number of guanidine groups is 1. The summed E-state index contributed by atoms with van der Waals surface area (Å²) < 4.78 is 18.7. The number of nitrogens with zero attached hydrogens (tertiary/aromatic N) is 2. The molecule has 1 aliphatic carbocycles. The van der Waals surface area contributed by atoms with Crippen molar-refractivity contribution in [3.8, 4) is 5.75 Å². The highest BCUT2D eigenvalue weighted by Gasteiger charge is 2.31. The lowest BCUT2D eigenvalue weighted by Gasteiger charge is -2.26. The van der Waals surface area contributed by atoms with E-state index < -0.39 is 0 Å². The van der Waals surface area contributed by atoms with Crippen molar-refractivity contribution in [2.24, 2.45) is 10.9 Å². The van der Waals surface area contributed by atoms with Gasteiger partial charge >= 0.3 is 0 Å². The van der Waals surface area contributed by atoms with Crippen LogP contribution in [-0.2, 0) is 4.79 Å². The van der Waals surface area contributed by atoms with E-state index in [2.05, 4.69) is 15.6 Å². The highest BCUT2D eigenvalue weighted by Crippen LogP contribution is 2.26. The lowest BCUT2D eigenvalue weighted by Crippen LogP contribution is -2.46. The number of rotatable bonds is 6. The summed E-state index contributed by atoms with van der Waals surface area (Å²) in [5.41, 5.74) is 0. The van der Waals surface area contributed by atoms with E-state index in [0.717, 1.165) is 32.4 Å². The second kappa shape index (κ2) is 12.2. The van der Waals surface area contributed by atoms with Crippen LogP contribution in [0.5, 0.6) is 5.75 Å². The maximum atomic E-state index is 13.1. The third-order valence-electron chi connectivity index (χ3n) is 5.48. The zero-order valence-electron chi connectivity index (χ0n) is 17.0. The molecule has 0 aromatic heterocycles. The van der Waals surface area contributed by atoms with Crippen molar-refractivity contribution in [2.45, 2.75) is 44.6 Å². The van der Waals surface area contributed by atoms with E-state index in [1.54, 1.807) is 19.2 Å². The lowest BCUT2D eigenvalue weighted by atomic mass is 9.88. The maximum Gasteiger partial charge on any atom is 0.225 e. The number of hydrogen-bond donors (Lipinski definition) is 2. The van der Waals surface area contributed by atoms with Crippen LogP contribution in [0.25, 0.3) is 0 Å². The predicted molar refractivity (Wildman–Crippen MR) is 123 cm³/mol. The molecule has 1 aliphatic heterocycles. The van der Waals surface area contributed by atoms with E-state index in [0.29, 0.717) is 30.8 Å². The summed E-state index contributed by atoms with van der Waals surface area (Å²) in [6, 6.07) is 6.32. The van der Waals surface area contributed by atoms with Gasteiger partial charge in [-0.15, -0.1) is 24.0 Å². The maximum absolute atomic E-state index is 13.1. The van der Waals surface area contributed by atoms with Crippen LogP contribution in [-0.4, -0.2) is 56.1 Å². The molecule has 2 fully saturated rings. The average molecular weight is 518 g/mol. The van der Waals surface area contributed by atoms with E-state index in [4.69, 9.17) is 4.74 Å². The first-order chi connectivity index (χ1) is 13.7. The van der Waals surface area contributed by atoms with Crippen molar-refractivity contribution >= 4 is 35.8 Å². The first-order valence-electron chi connectivity index (χ1n) is 10.3. The second-order valence-corrected chi connectivity index (χ2v) is 7.55. The molecule has 1 aromatic rings. The summed E-state index contributed by atoms with van der Waals surface area (Å²) in [5.74, 6) is 1.45. The van der Waals surface area contributed by atoms with Gasteiger partial charge in [0.2, 0.25) is 5.91 Å². The van der Waals surface area contributed by atoms with Crippen molar-refractivity contribution in [1.29, 1.82) is 0 Å². The van der Waals surface area contributed by atoms with E-state index in [-0.39, 0.29) is 41.8 Å². The predicted octanol–water partition coefficient (Wildman–Crippen LogP) is 3.17. The summed E-state index contributed by atoms with van der Waals surface area (Å²) in [6.07, 6.45) is 6.64. The third kappa shape index (κ3) is 7.31. The Hall–Kier alpha value is -1.58. The second-order valence-electron chi connectivity index (χ2n) is 7.55. The summed E-state index contributed by atoms with van der Waals surface area (Å²) in [5, 5.41) is 6.60. The Morgan fingerprint density at radius 3 is 2.79 bits per heavy atom. The smallest absolute Gasteiger partial charge is 0.225 e. The fraction of sp³-hybridized carbons (Fsp3) is 0.619. The fourth-order valence-corrected chi connectivity index (χ4v) is 3.97. The number of amides is 1. The van der Waals surface area contributed by atoms with Crippen LogP contribution in [0.4, 0.5) is 4.39 Å². The Bertz CT molecular complexity index is 682. The number of hydrogen-bond acceptors (Lipinski definition) is 3. The van der Waals surface area contributed by atoms with Gasteiger partial charge in [0.25, 0.3) is 0 Å². The molecule has 3 rings (SSSR count). The molecule has 1 saturated heterocycles. The van der Waals surface area contributed by atoms with E-state index >= 15 is 0 Å². The standard InChI is InChI=1S/C21H31FN4O2.HI/c1-23-21(24-11-13-28-19-9-5-8-17(22)14-19)25-18-10-12-26(15-18)20(27)16-6-3-2-4-7-16;/h5,8-9,14,16,18H,2-4,6-7,10-13,15H2,1H3,(H2,23,24,25);1H. The molecule has 1 atom stereocenters. The Balaban J connectivity index is 0.00000300. The van der Waals surface area contributed by atoms with Crippen molar-refractivity contribution < 1.29 is 13.9 Å². The van der Waals surface area contributed by atoms with Crippen LogP contribution in [0, 0.1) is 11.7 Å². The minimum Gasteiger partial charge on any atom is -0.492 e. The average Bonchev–Trinajstić information content (AvgIpc) is 3.19. The summed E-state index contributed by atoms with van der Waals surface area (Å²) in [6.45, 7) is 2.50. The summed E-state index contributed by atoms with van der Waals surface area (Å²) in [7, 11) is 1.72. The molecule has 162 valence electrons. The van der Waals surface area contributed by atoms with E-state index in [1.165, 1.54) is 31.4 Å². The zero-order chi connectivity index (χ0) is 19.8. The highest BCUT2D eigenvalue weighted by atomic mass is 127. The Labute approximate surface area is 189 Å². The molecule has 2 aliphatic rings. The molecular formula is C21H32FIN4O2. The fourth-order valence-electron chi connectivity index (χ4n) is 3.97. The molecule has 1 saturated carbocycles. The number of likely N-dealkylation sites (tertiary alicyclic amines) is 1. The van der Waals surface area contributed by atoms with Gasteiger partial charge in [0.15, 0.2) is 5.96 Å². The third-order valence-corrected chi connectivity index (χ3v) is 5.48. The molecule has 0 spiro atoms. The SMILES string of the molecule is CN=C(NCCOc1cccc(F)c1)NC1CCN(C(=O)C2CCCCC2)C1.I. The molecular weight excluding hydrogens is 486 g/mol. The van der Waals surface area contributed by atoms with Crippen LogP contribution < -0.4 is 15.4 Å². The summed E-state index contributed by atoms with van der Waals surface area (Å²) >= 11 is 0. The number of aliphatic imine (C=N–C) groups is 1. The Morgan fingerprint density at radius 2 is 2.07 bits per heavy atom. The molecule has 6 nitrogen and oxygen atoms in total. The topological polar surface area (TPSA) is 66.0 Å². The molecule has 29 heavy (non-hydrogen) atoms. The van der Waals surface area contributed by atoms with Gasteiger partial charge in [-0.1, -0.05) is 25.3 Å². The largest absolute Gasteiger partial charge is 0.492 e. The van der Waals surface area contributed by atoms with Gasteiger partial charge in [-0.2, -0.15) is 0 Å². The number of nitrogens with one attached hydrogen (secondary N) is 2. The monoisotopic (exact) mass is 518 g/mol. The Morgan fingerprint density at radius 1 is 1.28 bits per heavy atom. The molecule has 0 bridgehead atoms. The van der Waals surface area contributed by atoms with Gasteiger partial charge in [0.05, 0.1) is 6.54 Å².